The second-order valence-electron chi connectivity index (χ2n) is 5.27. The molecule has 1 aliphatic carbocycles. The van der Waals surface area contributed by atoms with Crippen LogP contribution in [0.3, 0.4) is 0 Å². The normalized spacial score (nSPS) is 23.6. The lowest BCUT2D eigenvalue weighted by Gasteiger charge is -2.21. The quantitative estimate of drug-likeness (QED) is 0.890. The van der Waals surface area contributed by atoms with Crippen LogP contribution in [0.1, 0.15) is 30.7 Å². The fourth-order valence-electron chi connectivity index (χ4n) is 3.40. The van der Waals surface area contributed by atoms with E-state index in [4.69, 9.17) is 0 Å². The molecule has 2 nitrogen and oxygen atoms in total. The monoisotopic (exact) mass is 240 g/mol. The first-order valence-electron chi connectivity index (χ1n) is 6.88. The highest BCUT2D eigenvalue weighted by molar-refractivity contribution is 5.82. The van der Waals surface area contributed by atoms with E-state index < -0.39 is 0 Å². The van der Waals surface area contributed by atoms with Crippen molar-refractivity contribution in [3.8, 4) is 0 Å². The number of pyridine rings is 1. The summed E-state index contributed by atoms with van der Waals surface area (Å²) in [4.78, 5) is 4.47. The van der Waals surface area contributed by atoms with E-state index in [1.54, 1.807) is 0 Å². The molecular formula is C16H20N2. The van der Waals surface area contributed by atoms with Gasteiger partial charge in [0.05, 0.1) is 5.52 Å². The number of fused-ring (bicyclic) bond motifs is 1. The summed E-state index contributed by atoms with van der Waals surface area (Å²) in [7, 11) is 2.06. The van der Waals surface area contributed by atoms with Gasteiger partial charge >= 0.3 is 0 Å². The molecule has 2 aromatic rings. The van der Waals surface area contributed by atoms with Crippen LogP contribution in [0.4, 0.5) is 0 Å². The minimum Gasteiger partial charge on any atom is -0.319 e. The molecule has 0 spiro atoms. The van der Waals surface area contributed by atoms with Crippen molar-refractivity contribution in [1.29, 1.82) is 0 Å². The van der Waals surface area contributed by atoms with Crippen molar-refractivity contribution in [3.63, 3.8) is 0 Å². The molecule has 94 valence electrons. The van der Waals surface area contributed by atoms with Gasteiger partial charge in [0.25, 0.3) is 0 Å². The maximum atomic E-state index is 4.47. The van der Waals surface area contributed by atoms with Crippen molar-refractivity contribution < 1.29 is 0 Å². The Labute approximate surface area is 108 Å². The number of nitrogens with one attached hydrogen (secondary N) is 1. The van der Waals surface area contributed by atoms with Crippen molar-refractivity contribution in [2.75, 3.05) is 13.6 Å². The molecule has 1 fully saturated rings. The lowest BCUT2D eigenvalue weighted by atomic mass is 9.86. The molecule has 0 saturated heterocycles. The van der Waals surface area contributed by atoms with E-state index in [0.29, 0.717) is 5.92 Å². The molecule has 3 rings (SSSR count). The van der Waals surface area contributed by atoms with Gasteiger partial charge in [-0.3, -0.25) is 4.98 Å². The van der Waals surface area contributed by atoms with Crippen LogP contribution in [0, 0.1) is 5.92 Å². The molecule has 0 radical (unpaired) electrons. The summed E-state index contributed by atoms with van der Waals surface area (Å²) in [6.07, 6.45) is 5.90. The highest BCUT2D eigenvalue weighted by atomic mass is 14.8. The zero-order chi connectivity index (χ0) is 12.4. The summed E-state index contributed by atoms with van der Waals surface area (Å²) in [5, 5.41) is 4.68. The van der Waals surface area contributed by atoms with Gasteiger partial charge in [-0.05, 0) is 56.0 Å². The van der Waals surface area contributed by atoms with Crippen molar-refractivity contribution in [1.82, 2.24) is 10.3 Å². The molecule has 0 amide bonds. The zero-order valence-electron chi connectivity index (χ0n) is 10.9. The minimum atomic E-state index is 0.699. The van der Waals surface area contributed by atoms with Gasteiger partial charge in [0.15, 0.2) is 0 Å². The Hall–Kier alpha value is -1.41. The Morgan fingerprint density at radius 2 is 2.17 bits per heavy atom. The van der Waals surface area contributed by atoms with Crippen molar-refractivity contribution in [3.05, 3.63) is 42.1 Å². The first kappa shape index (κ1) is 11.7. The van der Waals surface area contributed by atoms with E-state index in [-0.39, 0.29) is 0 Å². The lowest BCUT2D eigenvalue weighted by molar-refractivity contribution is 0.464. The predicted molar refractivity (Wildman–Crippen MR) is 75.8 cm³/mol. The number of hydrogen-bond acceptors (Lipinski definition) is 2. The third kappa shape index (κ3) is 2.01. The summed E-state index contributed by atoms with van der Waals surface area (Å²) in [6.45, 7) is 1.13. The van der Waals surface area contributed by atoms with E-state index >= 15 is 0 Å². The first-order valence-corrected chi connectivity index (χ1v) is 6.88. The third-order valence-electron chi connectivity index (χ3n) is 4.20. The van der Waals surface area contributed by atoms with Gasteiger partial charge in [0.1, 0.15) is 0 Å². The number of benzene rings is 1. The molecule has 1 heterocycles. The molecule has 1 aromatic heterocycles. The standard InChI is InChI=1S/C16H20N2/c1-17-11-12-5-2-6-13(12)14-7-3-9-16-15(14)8-4-10-18-16/h3-4,7-10,12-13,17H,2,5-6,11H2,1H3. The molecule has 1 aromatic carbocycles. The van der Waals surface area contributed by atoms with Crippen LogP contribution in [0.15, 0.2) is 36.5 Å². The minimum absolute atomic E-state index is 0.699. The van der Waals surface area contributed by atoms with Gasteiger partial charge in [0.2, 0.25) is 0 Å². The topological polar surface area (TPSA) is 24.9 Å². The van der Waals surface area contributed by atoms with Crippen LogP contribution in [0.2, 0.25) is 0 Å². The predicted octanol–water partition coefficient (Wildman–Crippen LogP) is 3.34. The van der Waals surface area contributed by atoms with E-state index in [1.165, 1.54) is 30.2 Å². The fraction of sp³-hybridized carbons (Fsp3) is 0.438. The summed E-state index contributed by atoms with van der Waals surface area (Å²) in [6, 6.07) is 10.8. The molecule has 1 aliphatic rings. The summed E-state index contributed by atoms with van der Waals surface area (Å²) in [5.41, 5.74) is 2.63. The van der Waals surface area contributed by atoms with Crippen LogP contribution >= 0.6 is 0 Å². The second-order valence-corrected chi connectivity index (χ2v) is 5.27. The molecule has 0 bridgehead atoms. The van der Waals surface area contributed by atoms with E-state index in [1.807, 2.05) is 12.3 Å². The van der Waals surface area contributed by atoms with E-state index in [0.717, 1.165) is 18.0 Å². The Morgan fingerprint density at radius 3 is 3.06 bits per heavy atom. The largest absolute Gasteiger partial charge is 0.319 e. The maximum absolute atomic E-state index is 4.47. The zero-order valence-corrected chi connectivity index (χ0v) is 10.9. The lowest BCUT2D eigenvalue weighted by Crippen LogP contribution is -2.21. The van der Waals surface area contributed by atoms with E-state index in [2.05, 4.69) is 41.6 Å². The Bertz CT molecular complexity index is 530. The van der Waals surface area contributed by atoms with Gasteiger partial charge in [-0.1, -0.05) is 24.6 Å². The van der Waals surface area contributed by atoms with Gasteiger partial charge < -0.3 is 5.32 Å². The van der Waals surface area contributed by atoms with Crippen LogP contribution in [0.25, 0.3) is 10.9 Å². The smallest absolute Gasteiger partial charge is 0.0704 e. The van der Waals surface area contributed by atoms with Crippen molar-refractivity contribution >= 4 is 10.9 Å². The Balaban J connectivity index is 2.03. The average Bonchev–Trinajstić information content (AvgIpc) is 2.87. The van der Waals surface area contributed by atoms with Gasteiger partial charge in [-0.2, -0.15) is 0 Å². The fourth-order valence-corrected chi connectivity index (χ4v) is 3.40. The van der Waals surface area contributed by atoms with Crippen LogP contribution in [0.5, 0.6) is 0 Å². The molecular weight excluding hydrogens is 220 g/mol. The molecule has 2 unspecified atom stereocenters. The third-order valence-corrected chi connectivity index (χ3v) is 4.20. The highest BCUT2D eigenvalue weighted by Crippen LogP contribution is 2.41. The maximum Gasteiger partial charge on any atom is 0.0704 e. The van der Waals surface area contributed by atoms with Crippen LogP contribution < -0.4 is 5.32 Å². The summed E-state index contributed by atoms with van der Waals surface area (Å²) >= 11 is 0. The first-order chi connectivity index (χ1) is 8.90. The molecule has 0 aliphatic heterocycles. The van der Waals surface area contributed by atoms with Gasteiger partial charge in [0, 0.05) is 11.6 Å². The molecule has 2 atom stereocenters. The van der Waals surface area contributed by atoms with Gasteiger partial charge in [-0.25, -0.2) is 0 Å². The van der Waals surface area contributed by atoms with Crippen molar-refractivity contribution in [2.45, 2.75) is 25.2 Å². The molecule has 18 heavy (non-hydrogen) atoms. The SMILES string of the molecule is CNCC1CCCC1c1cccc2ncccc12. The number of rotatable bonds is 3. The second kappa shape index (κ2) is 5.07. The molecule has 1 saturated carbocycles. The van der Waals surface area contributed by atoms with Crippen molar-refractivity contribution in [2.24, 2.45) is 5.92 Å². The Kier molecular flexibility index (Phi) is 3.28. The highest BCUT2D eigenvalue weighted by Gasteiger charge is 2.28. The number of nitrogens with zero attached hydrogens (tertiary/aromatic N) is 1. The molecule has 1 N–H and O–H groups in total. The van der Waals surface area contributed by atoms with Gasteiger partial charge in [-0.15, -0.1) is 0 Å². The van der Waals surface area contributed by atoms with E-state index in [9.17, 15) is 0 Å². The average molecular weight is 240 g/mol. The number of hydrogen-bond donors (Lipinski definition) is 1. The van der Waals surface area contributed by atoms with Crippen LogP contribution in [-0.4, -0.2) is 18.6 Å². The number of aromatic nitrogens is 1. The summed E-state index contributed by atoms with van der Waals surface area (Å²) < 4.78 is 0. The molecule has 2 heteroatoms. The Morgan fingerprint density at radius 1 is 1.22 bits per heavy atom. The summed E-state index contributed by atoms with van der Waals surface area (Å²) in [5.74, 6) is 1.48. The van der Waals surface area contributed by atoms with Crippen LogP contribution in [-0.2, 0) is 0 Å².